The predicted molar refractivity (Wildman–Crippen MR) is 52.6 cm³/mol. The molecule has 0 amide bonds. The van der Waals surface area contributed by atoms with Crippen LogP contribution in [0.2, 0.25) is 5.15 Å². The Morgan fingerprint density at radius 3 is 2.92 bits per heavy atom. The van der Waals surface area contributed by atoms with Gasteiger partial charge in [-0.2, -0.15) is 10.2 Å². The molecular weight excluding hydrogens is 188 g/mol. The quantitative estimate of drug-likeness (QED) is 0.545. The molecule has 0 saturated heterocycles. The first kappa shape index (κ1) is 9.80. The van der Waals surface area contributed by atoms with Crippen molar-refractivity contribution in [3.8, 4) is 0 Å². The summed E-state index contributed by atoms with van der Waals surface area (Å²) in [5, 5.41) is 8.05. The van der Waals surface area contributed by atoms with Gasteiger partial charge in [0.1, 0.15) is 5.15 Å². The highest BCUT2D eigenvalue weighted by molar-refractivity contribution is 6.29. The van der Waals surface area contributed by atoms with Gasteiger partial charge in [0, 0.05) is 5.70 Å². The third-order valence-electron chi connectivity index (χ3n) is 1.67. The smallest absolute Gasteiger partial charge is 0.172 e. The van der Waals surface area contributed by atoms with E-state index in [0.717, 1.165) is 5.70 Å². The number of hydrogen-bond acceptors (Lipinski definition) is 3. The van der Waals surface area contributed by atoms with Gasteiger partial charge in [-0.15, -0.1) is 0 Å². The maximum Gasteiger partial charge on any atom is 0.172 e. The lowest BCUT2D eigenvalue weighted by Gasteiger charge is -2.04. The minimum Gasteiger partial charge on any atom is -0.321 e. The molecule has 13 heavy (non-hydrogen) atoms. The van der Waals surface area contributed by atoms with Crippen molar-refractivity contribution >= 4 is 17.3 Å². The second-order valence-electron chi connectivity index (χ2n) is 2.49. The van der Waals surface area contributed by atoms with Crippen LogP contribution >= 0.6 is 11.6 Å². The lowest BCUT2D eigenvalue weighted by Crippen LogP contribution is -2.23. The highest BCUT2D eigenvalue weighted by Crippen LogP contribution is 2.02. The highest BCUT2D eigenvalue weighted by Gasteiger charge is 1.97. The Morgan fingerprint density at radius 2 is 2.38 bits per heavy atom. The zero-order valence-electron chi connectivity index (χ0n) is 7.53. The molecule has 0 aliphatic heterocycles. The van der Waals surface area contributed by atoms with Gasteiger partial charge >= 0.3 is 0 Å². The van der Waals surface area contributed by atoms with E-state index in [4.69, 9.17) is 17.4 Å². The number of aromatic nitrogens is 2. The van der Waals surface area contributed by atoms with E-state index >= 15 is 0 Å². The molecule has 1 aromatic heterocycles. The van der Waals surface area contributed by atoms with Gasteiger partial charge in [0.05, 0.1) is 0 Å². The van der Waals surface area contributed by atoms with Gasteiger partial charge in [-0.25, -0.2) is 4.68 Å². The second-order valence-corrected chi connectivity index (χ2v) is 2.87. The van der Waals surface area contributed by atoms with Crippen LogP contribution in [0.25, 0.3) is 5.70 Å². The van der Waals surface area contributed by atoms with Crippen LogP contribution in [0, 0.1) is 0 Å². The van der Waals surface area contributed by atoms with Crippen molar-refractivity contribution in [1.82, 2.24) is 9.78 Å². The van der Waals surface area contributed by atoms with E-state index in [1.807, 2.05) is 19.9 Å². The molecule has 4 nitrogen and oxygen atoms in total. The number of allylic oxidation sites excluding steroid dienone is 2. The van der Waals surface area contributed by atoms with E-state index in [0.29, 0.717) is 10.6 Å². The van der Waals surface area contributed by atoms with Gasteiger partial charge in [-0.05, 0) is 26.0 Å². The molecule has 0 atom stereocenters. The Hall–Kier alpha value is -1.29. The molecule has 0 saturated carbocycles. The fraction of sp³-hybridized carbons (Fsp3) is 0.250. The molecule has 0 aliphatic rings. The first-order valence-electron chi connectivity index (χ1n) is 3.82. The maximum absolute atomic E-state index is 5.73. The summed E-state index contributed by atoms with van der Waals surface area (Å²) in [4.78, 5) is 0. The zero-order chi connectivity index (χ0) is 9.84. The van der Waals surface area contributed by atoms with E-state index in [1.54, 1.807) is 16.8 Å². The van der Waals surface area contributed by atoms with Gasteiger partial charge in [0.2, 0.25) is 0 Å². The lowest BCUT2D eigenvalue weighted by molar-refractivity contribution is 0.785. The number of nitrogens with two attached hydrogens (primary N) is 1. The molecule has 2 N–H and O–H groups in total. The Balaban J connectivity index is 3.42. The number of hydrogen-bond donors (Lipinski definition) is 1. The first-order chi connectivity index (χ1) is 6.19. The summed E-state index contributed by atoms with van der Waals surface area (Å²) in [5.41, 5.74) is 1.49. The van der Waals surface area contributed by atoms with Crippen molar-refractivity contribution in [2.45, 2.75) is 13.8 Å². The van der Waals surface area contributed by atoms with Crippen LogP contribution < -0.4 is 11.3 Å². The monoisotopic (exact) mass is 198 g/mol. The maximum atomic E-state index is 5.73. The van der Waals surface area contributed by atoms with Crippen molar-refractivity contribution in [2.75, 3.05) is 0 Å². The van der Waals surface area contributed by atoms with Gasteiger partial charge < -0.3 is 5.84 Å². The highest BCUT2D eigenvalue weighted by atomic mass is 35.5. The third kappa shape index (κ3) is 2.09. The van der Waals surface area contributed by atoms with Crippen LogP contribution in [0.15, 0.2) is 23.3 Å². The Morgan fingerprint density at radius 1 is 1.69 bits per heavy atom. The number of nitrogens with zero attached hydrogens (tertiary/aromatic N) is 3. The van der Waals surface area contributed by atoms with E-state index < -0.39 is 0 Å². The summed E-state index contributed by atoms with van der Waals surface area (Å²) in [6, 6.07) is 3.36. The molecule has 0 spiro atoms. The molecule has 0 aliphatic carbocycles. The minimum atomic E-state index is 0.411. The summed E-state index contributed by atoms with van der Waals surface area (Å²) in [5.74, 6) is 5.19. The van der Waals surface area contributed by atoms with Gasteiger partial charge in [0.15, 0.2) is 5.49 Å². The lowest BCUT2D eigenvalue weighted by atomic mass is 10.4. The summed E-state index contributed by atoms with van der Waals surface area (Å²) >= 11 is 5.73. The molecule has 1 aromatic rings. The van der Waals surface area contributed by atoms with Crippen LogP contribution in [0.5, 0.6) is 0 Å². The largest absolute Gasteiger partial charge is 0.321 e. The normalized spacial score (nSPS) is 13.5. The average Bonchev–Trinajstić information content (AvgIpc) is 2.16. The number of halogens is 1. The summed E-state index contributed by atoms with van der Waals surface area (Å²) in [7, 11) is 0. The van der Waals surface area contributed by atoms with Crippen molar-refractivity contribution in [3.63, 3.8) is 0 Å². The molecular formula is C8H11ClN4. The van der Waals surface area contributed by atoms with E-state index in [1.165, 1.54) is 0 Å². The van der Waals surface area contributed by atoms with Crippen LogP contribution in [0.4, 0.5) is 0 Å². The number of rotatable bonds is 1. The third-order valence-corrected chi connectivity index (χ3v) is 1.87. The molecule has 5 heteroatoms. The molecule has 0 radical (unpaired) electrons. The van der Waals surface area contributed by atoms with Crippen LogP contribution in [-0.2, 0) is 0 Å². The Labute approximate surface area is 81.3 Å². The molecule has 1 heterocycles. The predicted octanol–water partition coefficient (Wildman–Crippen LogP) is 1.19. The first-order valence-corrected chi connectivity index (χ1v) is 4.20. The van der Waals surface area contributed by atoms with E-state index in [-0.39, 0.29) is 0 Å². The molecule has 70 valence electrons. The van der Waals surface area contributed by atoms with E-state index in [9.17, 15) is 0 Å². The standard InChI is InChI=1S/C8H11ClN4/c1-3-6(2)13-8(11-10)5-4-7(9)12-13/h3-5H,10H2,1-2H3/b6-3+,11-8-. The SMILES string of the molecule is C/C=C(\C)n1nc(Cl)cc/c1=N/N. The van der Waals surface area contributed by atoms with Crippen molar-refractivity contribution in [2.24, 2.45) is 10.9 Å². The molecule has 1 rings (SSSR count). The molecule has 0 bridgehead atoms. The van der Waals surface area contributed by atoms with Gasteiger partial charge in [0.25, 0.3) is 0 Å². The minimum absolute atomic E-state index is 0.411. The van der Waals surface area contributed by atoms with Crippen molar-refractivity contribution < 1.29 is 0 Å². The second kappa shape index (κ2) is 4.09. The molecule has 0 fully saturated rings. The Kier molecular flexibility index (Phi) is 3.08. The molecule has 0 aromatic carbocycles. The van der Waals surface area contributed by atoms with Crippen molar-refractivity contribution in [3.05, 3.63) is 28.8 Å². The van der Waals surface area contributed by atoms with Crippen molar-refractivity contribution in [1.29, 1.82) is 0 Å². The van der Waals surface area contributed by atoms with Crippen LogP contribution in [0.3, 0.4) is 0 Å². The average molecular weight is 199 g/mol. The van der Waals surface area contributed by atoms with Gasteiger partial charge in [-0.3, -0.25) is 0 Å². The van der Waals surface area contributed by atoms with Crippen LogP contribution in [-0.4, -0.2) is 9.78 Å². The summed E-state index contributed by atoms with van der Waals surface area (Å²) < 4.78 is 1.59. The van der Waals surface area contributed by atoms with E-state index in [2.05, 4.69) is 10.2 Å². The molecule has 0 unspecified atom stereocenters. The Bertz CT molecular complexity index is 391. The topological polar surface area (TPSA) is 56.2 Å². The van der Waals surface area contributed by atoms with Gasteiger partial charge in [-0.1, -0.05) is 17.7 Å². The summed E-state index contributed by atoms with van der Waals surface area (Å²) in [6.45, 7) is 3.81. The summed E-state index contributed by atoms with van der Waals surface area (Å²) in [6.07, 6.45) is 1.90. The van der Waals surface area contributed by atoms with Crippen LogP contribution in [0.1, 0.15) is 13.8 Å². The zero-order valence-corrected chi connectivity index (χ0v) is 8.28. The fourth-order valence-corrected chi connectivity index (χ4v) is 1.01. The fourth-order valence-electron chi connectivity index (χ4n) is 0.874.